The first-order valence-electron chi connectivity index (χ1n) is 8.54. The van der Waals surface area contributed by atoms with E-state index in [1.807, 2.05) is 26.0 Å². The molecule has 0 spiro atoms. The molecule has 0 bridgehead atoms. The maximum absolute atomic E-state index is 12.6. The van der Waals surface area contributed by atoms with Gasteiger partial charge in [-0.3, -0.25) is 4.79 Å². The van der Waals surface area contributed by atoms with E-state index in [0.717, 1.165) is 27.7 Å². The van der Waals surface area contributed by atoms with Crippen LogP contribution in [0.3, 0.4) is 0 Å². The van der Waals surface area contributed by atoms with Crippen LogP contribution >= 0.6 is 0 Å². The normalized spacial score (nSPS) is 10.7. The van der Waals surface area contributed by atoms with Crippen molar-refractivity contribution in [3.05, 3.63) is 47.2 Å². The predicted molar refractivity (Wildman–Crippen MR) is 104 cm³/mol. The van der Waals surface area contributed by atoms with Crippen molar-refractivity contribution in [3.63, 3.8) is 0 Å². The fourth-order valence-electron chi connectivity index (χ4n) is 3.06. The van der Waals surface area contributed by atoms with Crippen LogP contribution < -0.4 is 19.5 Å². The number of furan rings is 1. The second-order valence-electron chi connectivity index (χ2n) is 6.28. The molecule has 0 aliphatic carbocycles. The lowest BCUT2D eigenvalue weighted by Gasteiger charge is -2.14. The zero-order valence-electron chi connectivity index (χ0n) is 16.1. The number of amides is 1. The van der Waals surface area contributed by atoms with E-state index in [9.17, 15) is 4.79 Å². The zero-order chi connectivity index (χ0) is 19.6. The molecule has 3 rings (SSSR count). The Hall–Kier alpha value is -3.15. The van der Waals surface area contributed by atoms with Crippen molar-refractivity contribution in [1.29, 1.82) is 0 Å². The van der Waals surface area contributed by atoms with Gasteiger partial charge in [-0.05, 0) is 25.0 Å². The Bertz CT molecular complexity index is 965. The summed E-state index contributed by atoms with van der Waals surface area (Å²) in [6, 6.07) is 7.41. The van der Waals surface area contributed by atoms with Crippen LogP contribution in [0.5, 0.6) is 17.2 Å². The highest BCUT2D eigenvalue weighted by Crippen LogP contribution is 2.40. The van der Waals surface area contributed by atoms with Gasteiger partial charge in [0.15, 0.2) is 11.5 Å². The molecule has 1 aromatic heterocycles. The standard InChI is InChI=1S/C21H23NO5/c1-12-6-7-16-14(11-27-20(16)13(12)2)8-19(23)22-15-9-17(24-3)21(26-5)18(10-15)25-4/h6-7,9-11H,8H2,1-5H3,(H,22,23). The fraction of sp³-hybridized carbons (Fsp3) is 0.286. The first-order chi connectivity index (χ1) is 13.0. The Balaban J connectivity index is 1.83. The van der Waals surface area contributed by atoms with Crippen LogP contribution in [0.25, 0.3) is 11.0 Å². The van der Waals surface area contributed by atoms with Crippen LogP contribution in [0.2, 0.25) is 0 Å². The van der Waals surface area contributed by atoms with Crippen LogP contribution in [-0.4, -0.2) is 27.2 Å². The Morgan fingerprint density at radius 2 is 1.70 bits per heavy atom. The summed E-state index contributed by atoms with van der Waals surface area (Å²) in [6.07, 6.45) is 1.85. The smallest absolute Gasteiger partial charge is 0.228 e. The Labute approximate surface area is 158 Å². The van der Waals surface area contributed by atoms with E-state index in [4.69, 9.17) is 18.6 Å². The van der Waals surface area contributed by atoms with Gasteiger partial charge >= 0.3 is 0 Å². The van der Waals surface area contributed by atoms with Crippen molar-refractivity contribution in [3.8, 4) is 17.2 Å². The summed E-state index contributed by atoms with van der Waals surface area (Å²) in [5.41, 5.74) is 4.48. The first-order valence-corrected chi connectivity index (χ1v) is 8.54. The molecule has 0 fully saturated rings. The van der Waals surface area contributed by atoms with Crippen LogP contribution in [0.15, 0.2) is 34.9 Å². The predicted octanol–water partition coefficient (Wildman–Crippen LogP) is 4.26. The highest BCUT2D eigenvalue weighted by atomic mass is 16.5. The van der Waals surface area contributed by atoms with Gasteiger partial charge in [-0.15, -0.1) is 0 Å². The van der Waals surface area contributed by atoms with E-state index < -0.39 is 0 Å². The molecule has 0 aliphatic rings. The number of benzene rings is 2. The van der Waals surface area contributed by atoms with Crippen LogP contribution in [0.4, 0.5) is 5.69 Å². The fourth-order valence-corrected chi connectivity index (χ4v) is 3.06. The highest BCUT2D eigenvalue weighted by Gasteiger charge is 2.16. The maximum Gasteiger partial charge on any atom is 0.228 e. The minimum absolute atomic E-state index is 0.162. The number of nitrogens with one attached hydrogen (secondary N) is 1. The number of hydrogen-bond donors (Lipinski definition) is 1. The third kappa shape index (κ3) is 3.56. The summed E-state index contributed by atoms with van der Waals surface area (Å²) in [6.45, 7) is 4.05. The van der Waals surface area contributed by atoms with Crippen molar-refractivity contribution >= 4 is 22.6 Å². The number of carbonyl (C=O) groups is 1. The van der Waals surface area contributed by atoms with Crippen LogP contribution in [0, 0.1) is 13.8 Å². The van der Waals surface area contributed by atoms with Crippen molar-refractivity contribution in [2.75, 3.05) is 26.6 Å². The van der Waals surface area contributed by atoms with E-state index in [0.29, 0.717) is 22.9 Å². The van der Waals surface area contributed by atoms with E-state index in [1.165, 1.54) is 21.3 Å². The van der Waals surface area contributed by atoms with Crippen LogP contribution in [0.1, 0.15) is 16.7 Å². The summed E-state index contributed by atoms with van der Waals surface area (Å²) in [5.74, 6) is 1.27. The summed E-state index contributed by atoms with van der Waals surface area (Å²) in [5, 5.41) is 3.83. The third-order valence-corrected chi connectivity index (χ3v) is 4.64. The summed E-state index contributed by atoms with van der Waals surface area (Å²) in [4.78, 5) is 12.6. The summed E-state index contributed by atoms with van der Waals surface area (Å²) < 4.78 is 21.6. The molecule has 6 nitrogen and oxygen atoms in total. The Morgan fingerprint density at radius 1 is 1.04 bits per heavy atom. The number of rotatable bonds is 6. The molecule has 1 amide bonds. The second-order valence-corrected chi connectivity index (χ2v) is 6.28. The number of methoxy groups -OCH3 is 3. The number of aryl methyl sites for hydroxylation is 2. The molecule has 1 heterocycles. The second kappa shape index (κ2) is 7.61. The topological polar surface area (TPSA) is 69.9 Å². The molecule has 0 unspecified atom stereocenters. The molecular weight excluding hydrogens is 346 g/mol. The average Bonchev–Trinajstić information content (AvgIpc) is 3.06. The van der Waals surface area contributed by atoms with Crippen LogP contribution in [-0.2, 0) is 11.2 Å². The molecule has 0 saturated heterocycles. The molecule has 0 atom stereocenters. The van der Waals surface area contributed by atoms with E-state index in [2.05, 4.69) is 5.32 Å². The van der Waals surface area contributed by atoms with Crippen molar-refractivity contribution in [2.24, 2.45) is 0 Å². The largest absolute Gasteiger partial charge is 0.493 e. The molecule has 27 heavy (non-hydrogen) atoms. The molecule has 1 N–H and O–H groups in total. The lowest BCUT2D eigenvalue weighted by Crippen LogP contribution is -2.14. The van der Waals surface area contributed by atoms with Gasteiger partial charge in [-0.1, -0.05) is 12.1 Å². The summed E-state index contributed by atoms with van der Waals surface area (Å²) >= 11 is 0. The van der Waals surface area contributed by atoms with E-state index in [1.54, 1.807) is 18.4 Å². The third-order valence-electron chi connectivity index (χ3n) is 4.64. The minimum Gasteiger partial charge on any atom is -0.493 e. The average molecular weight is 369 g/mol. The first kappa shape index (κ1) is 18.6. The monoisotopic (exact) mass is 369 g/mol. The number of ether oxygens (including phenoxy) is 3. The quantitative estimate of drug-likeness (QED) is 0.703. The van der Waals surface area contributed by atoms with Crippen molar-refractivity contribution < 1.29 is 23.4 Å². The minimum atomic E-state index is -0.162. The van der Waals surface area contributed by atoms with Crippen molar-refractivity contribution in [1.82, 2.24) is 0 Å². The number of fused-ring (bicyclic) bond motifs is 1. The van der Waals surface area contributed by atoms with E-state index >= 15 is 0 Å². The summed E-state index contributed by atoms with van der Waals surface area (Å²) in [7, 11) is 4.60. The molecule has 6 heteroatoms. The maximum atomic E-state index is 12.6. The van der Waals surface area contributed by atoms with Gasteiger partial charge in [-0.2, -0.15) is 0 Å². The number of carbonyl (C=O) groups excluding carboxylic acids is 1. The number of anilines is 1. The zero-order valence-corrected chi connectivity index (χ0v) is 16.1. The van der Waals surface area contributed by atoms with Gasteiger partial charge in [0.2, 0.25) is 11.7 Å². The van der Waals surface area contributed by atoms with Gasteiger partial charge in [0.05, 0.1) is 34.0 Å². The molecule has 0 radical (unpaired) electrons. The Kier molecular flexibility index (Phi) is 5.26. The molecule has 0 aliphatic heterocycles. The van der Waals surface area contributed by atoms with E-state index in [-0.39, 0.29) is 12.3 Å². The molecule has 142 valence electrons. The molecular formula is C21H23NO5. The van der Waals surface area contributed by atoms with Gasteiger partial charge in [-0.25, -0.2) is 0 Å². The Morgan fingerprint density at radius 3 is 2.30 bits per heavy atom. The highest BCUT2D eigenvalue weighted by molar-refractivity contribution is 5.96. The van der Waals surface area contributed by atoms with Gasteiger partial charge in [0, 0.05) is 28.8 Å². The SMILES string of the molecule is COc1cc(NC(=O)Cc2coc3c(C)c(C)ccc23)cc(OC)c1OC. The van der Waals surface area contributed by atoms with Gasteiger partial charge in [0.1, 0.15) is 5.58 Å². The van der Waals surface area contributed by atoms with Gasteiger partial charge < -0.3 is 23.9 Å². The molecule has 3 aromatic rings. The lowest BCUT2D eigenvalue weighted by atomic mass is 10.0. The lowest BCUT2D eigenvalue weighted by molar-refractivity contribution is -0.115. The molecule has 2 aromatic carbocycles. The van der Waals surface area contributed by atoms with Gasteiger partial charge in [0.25, 0.3) is 0 Å². The van der Waals surface area contributed by atoms with Crippen molar-refractivity contribution in [2.45, 2.75) is 20.3 Å². The molecule has 0 saturated carbocycles. The number of hydrogen-bond acceptors (Lipinski definition) is 5.